The maximum absolute atomic E-state index is 11.2. The van der Waals surface area contributed by atoms with Crippen LogP contribution < -0.4 is 10.6 Å². The van der Waals surface area contributed by atoms with Crippen LogP contribution in [0, 0.1) is 0 Å². The van der Waals surface area contributed by atoms with Gasteiger partial charge in [0.05, 0.1) is 0 Å². The lowest BCUT2D eigenvalue weighted by Crippen LogP contribution is -2.35. The van der Waals surface area contributed by atoms with Gasteiger partial charge in [0.1, 0.15) is 0 Å². The van der Waals surface area contributed by atoms with Gasteiger partial charge in [-0.25, -0.2) is 4.79 Å². The van der Waals surface area contributed by atoms with Gasteiger partial charge in [0.25, 0.3) is 0 Å². The molecule has 2 rings (SSSR count). The number of piperidine rings is 1. The number of amides is 2. The molecule has 0 radical (unpaired) electrons. The topological polar surface area (TPSA) is 81.7 Å². The molecular formula is C17H25N3O3. The highest BCUT2D eigenvalue weighted by Crippen LogP contribution is 2.29. The first-order valence-corrected chi connectivity index (χ1v) is 8.11. The second kappa shape index (κ2) is 8.53. The molecule has 6 heteroatoms. The van der Waals surface area contributed by atoms with Crippen molar-refractivity contribution in [3.05, 3.63) is 29.8 Å². The third kappa shape index (κ3) is 5.90. The number of benzene rings is 1. The van der Waals surface area contributed by atoms with Gasteiger partial charge in [0, 0.05) is 19.2 Å². The normalized spacial score (nSPS) is 16.0. The largest absolute Gasteiger partial charge is 0.465 e. The molecule has 23 heavy (non-hydrogen) atoms. The molecule has 1 saturated heterocycles. The van der Waals surface area contributed by atoms with Gasteiger partial charge in [0.2, 0.25) is 5.91 Å². The summed E-state index contributed by atoms with van der Waals surface area (Å²) in [7, 11) is 0. The third-order valence-electron chi connectivity index (χ3n) is 4.19. The quantitative estimate of drug-likeness (QED) is 0.704. The molecule has 1 heterocycles. The van der Waals surface area contributed by atoms with Gasteiger partial charge in [-0.1, -0.05) is 12.1 Å². The van der Waals surface area contributed by atoms with Crippen molar-refractivity contribution in [1.82, 2.24) is 10.2 Å². The number of hydrogen-bond donors (Lipinski definition) is 3. The smallest absolute Gasteiger partial charge is 0.404 e. The van der Waals surface area contributed by atoms with Crippen LogP contribution in [-0.2, 0) is 4.79 Å². The Bertz CT molecular complexity index is 540. The highest BCUT2D eigenvalue weighted by Gasteiger charge is 2.20. The Morgan fingerprint density at radius 1 is 1.30 bits per heavy atom. The van der Waals surface area contributed by atoms with Crippen LogP contribution in [0.2, 0.25) is 0 Å². The zero-order chi connectivity index (χ0) is 16.7. The monoisotopic (exact) mass is 319 g/mol. The number of nitrogens with one attached hydrogen (secondary N) is 2. The van der Waals surface area contributed by atoms with Gasteiger partial charge in [-0.2, -0.15) is 0 Å². The Labute approximate surface area is 136 Å². The second-order valence-corrected chi connectivity index (χ2v) is 6.01. The lowest BCUT2D eigenvalue weighted by atomic mass is 9.89. The van der Waals surface area contributed by atoms with Gasteiger partial charge in [-0.15, -0.1) is 0 Å². The Balaban J connectivity index is 1.77. The SMILES string of the molecule is CC(=O)Nc1cccc(C2CCN(CCCNC(=O)O)CC2)c1. The Morgan fingerprint density at radius 2 is 2.04 bits per heavy atom. The zero-order valence-corrected chi connectivity index (χ0v) is 13.5. The maximum atomic E-state index is 11.2. The molecule has 6 nitrogen and oxygen atoms in total. The van der Waals surface area contributed by atoms with E-state index in [1.54, 1.807) is 0 Å². The van der Waals surface area contributed by atoms with Crippen LogP contribution in [0.25, 0.3) is 0 Å². The summed E-state index contributed by atoms with van der Waals surface area (Å²) in [6, 6.07) is 8.10. The van der Waals surface area contributed by atoms with Crippen LogP contribution in [0.4, 0.5) is 10.5 Å². The van der Waals surface area contributed by atoms with E-state index in [-0.39, 0.29) is 5.91 Å². The van der Waals surface area contributed by atoms with Crippen molar-refractivity contribution in [3.63, 3.8) is 0 Å². The van der Waals surface area contributed by atoms with Crippen LogP contribution in [0.3, 0.4) is 0 Å². The molecule has 1 aliphatic heterocycles. The number of carbonyl (C=O) groups excluding carboxylic acids is 1. The molecule has 126 valence electrons. The first-order chi connectivity index (χ1) is 11.0. The van der Waals surface area contributed by atoms with Gasteiger partial charge in [-0.05, 0) is 62.5 Å². The number of carbonyl (C=O) groups is 2. The van der Waals surface area contributed by atoms with Crippen molar-refractivity contribution in [2.24, 2.45) is 0 Å². The van der Waals surface area contributed by atoms with E-state index in [9.17, 15) is 9.59 Å². The van der Waals surface area contributed by atoms with E-state index in [0.717, 1.165) is 44.6 Å². The van der Waals surface area contributed by atoms with E-state index < -0.39 is 6.09 Å². The summed E-state index contributed by atoms with van der Waals surface area (Å²) >= 11 is 0. The van der Waals surface area contributed by atoms with Crippen LogP contribution in [0.1, 0.15) is 37.7 Å². The van der Waals surface area contributed by atoms with E-state index in [1.807, 2.05) is 12.1 Å². The van der Waals surface area contributed by atoms with Gasteiger partial charge < -0.3 is 20.6 Å². The first kappa shape index (κ1) is 17.3. The number of nitrogens with zero attached hydrogens (tertiary/aromatic N) is 1. The number of likely N-dealkylation sites (tertiary alicyclic amines) is 1. The summed E-state index contributed by atoms with van der Waals surface area (Å²) in [6.07, 6.45) is 2.07. The van der Waals surface area contributed by atoms with Crippen LogP contribution >= 0.6 is 0 Å². The molecule has 0 aliphatic carbocycles. The summed E-state index contributed by atoms with van der Waals surface area (Å²) in [5, 5.41) is 13.8. The maximum Gasteiger partial charge on any atom is 0.404 e. The minimum atomic E-state index is -0.956. The van der Waals surface area contributed by atoms with E-state index in [4.69, 9.17) is 5.11 Å². The molecule has 0 saturated carbocycles. The number of anilines is 1. The van der Waals surface area contributed by atoms with E-state index >= 15 is 0 Å². The predicted octanol–water partition coefficient (Wildman–Crippen LogP) is 2.48. The average Bonchev–Trinajstić information content (AvgIpc) is 2.52. The lowest BCUT2D eigenvalue weighted by molar-refractivity contribution is -0.114. The summed E-state index contributed by atoms with van der Waals surface area (Å²) in [4.78, 5) is 23.9. The van der Waals surface area contributed by atoms with Gasteiger partial charge in [-0.3, -0.25) is 4.79 Å². The molecule has 0 unspecified atom stereocenters. The molecular weight excluding hydrogens is 294 g/mol. The fraction of sp³-hybridized carbons (Fsp3) is 0.529. The Morgan fingerprint density at radius 3 is 2.70 bits per heavy atom. The fourth-order valence-corrected chi connectivity index (χ4v) is 3.06. The molecule has 1 aliphatic rings. The minimum Gasteiger partial charge on any atom is -0.465 e. The van der Waals surface area contributed by atoms with E-state index in [1.165, 1.54) is 12.5 Å². The van der Waals surface area contributed by atoms with Crippen LogP contribution in [-0.4, -0.2) is 48.2 Å². The Hall–Kier alpha value is -2.08. The summed E-state index contributed by atoms with van der Waals surface area (Å²) < 4.78 is 0. The molecule has 1 aromatic carbocycles. The van der Waals surface area contributed by atoms with Crippen molar-refractivity contribution in [3.8, 4) is 0 Å². The van der Waals surface area contributed by atoms with Crippen LogP contribution in [0.15, 0.2) is 24.3 Å². The van der Waals surface area contributed by atoms with Crippen molar-refractivity contribution < 1.29 is 14.7 Å². The lowest BCUT2D eigenvalue weighted by Gasteiger charge is -2.32. The highest BCUT2D eigenvalue weighted by atomic mass is 16.4. The fourth-order valence-electron chi connectivity index (χ4n) is 3.06. The molecule has 0 aromatic heterocycles. The third-order valence-corrected chi connectivity index (χ3v) is 4.19. The molecule has 1 fully saturated rings. The molecule has 0 atom stereocenters. The van der Waals surface area contributed by atoms with Crippen molar-refractivity contribution in [1.29, 1.82) is 0 Å². The number of carboxylic acid groups (broad SMARTS) is 1. The van der Waals surface area contributed by atoms with Gasteiger partial charge in [0.15, 0.2) is 0 Å². The second-order valence-electron chi connectivity index (χ2n) is 6.01. The molecule has 2 amide bonds. The Kier molecular flexibility index (Phi) is 6.40. The van der Waals surface area contributed by atoms with Gasteiger partial charge >= 0.3 is 6.09 Å². The highest BCUT2D eigenvalue weighted by molar-refractivity contribution is 5.88. The van der Waals surface area contributed by atoms with E-state index in [2.05, 4.69) is 27.7 Å². The first-order valence-electron chi connectivity index (χ1n) is 8.11. The minimum absolute atomic E-state index is 0.0491. The van der Waals surface area contributed by atoms with Crippen molar-refractivity contribution in [2.75, 3.05) is 31.5 Å². The summed E-state index contributed by atoms with van der Waals surface area (Å²) in [5.74, 6) is 0.476. The molecule has 0 bridgehead atoms. The standard InChI is InChI=1S/C17H25N3O3/c1-13(21)19-16-5-2-4-15(12-16)14-6-10-20(11-7-14)9-3-8-18-17(22)23/h2,4-5,12,14,18H,3,6-11H2,1H3,(H,19,21)(H,22,23). The average molecular weight is 319 g/mol. The number of rotatable bonds is 6. The molecule has 1 aromatic rings. The molecule has 0 spiro atoms. The number of hydrogen-bond acceptors (Lipinski definition) is 3. The van der Waals surface area contributed by atoms with Crippen molar-refractivity contribution >= 4 is 17.7 Å². The summed E-state index contributed by atoms with van der Waals surface area (Å²) in [6.45, 7) is 5.02. The van der Waals surface area contributed by atoms with Crippen molar-refractivity contribution in [2.45, 2.75) is 32.1 Å². The summed E-state index contributed by atoms with van der Waals surface area (Å²) in [5.41, 5.74) is 2.14. The molecule has 3 N–H and O–H groups in total. The predicted molar refractivity (Wildman–Crippen MR) is 89.8 cm³/mol. The van der Waals surface area contributed by atoms with E-state index in [0.29, 0.717) is 12.5 Å². The zero-order valence-electron chi connectivity index (χ0n) is 13.5. The van der Waals surface area contributed by atoms with Crippen LogP contribution in [0.5, 0.6) is 0 Å².